The molecular weight excluding hydrogens is 98.1 g/mol. The van der Waals surface area contributed by atoms with Crippen molar-refractivity contribution in [3.63, 3.8) is 0 Å². The van der Waals surface area contributed by atoms with Crippen LogP contribution in [-0.2, 0) is 0 Å². The van der Waals surface area contributed by atoms with E-state index < -0.39 is 0 Å². The summed E-state index contributed by atoms with van der Waals surface area (Å²) < 4.78 is 0. The van der Waals surface area contributed by atoms with E-state index in [4.69, 9.17) is 0 Å². The van der Waals surface area contributed by atoms with Gasteiger partial charge in [-0.1, -0.05) is 12.2 Å². The molecule has 0 aromatic heterocycles. The van der Waals surface area contributed by atoms with Gasteiger partial charge in [-0.2, -0.15) is 0 Å². The Bertz CT molecular complexity index is 118. The van der Waals surface area contributed by atoms with Gasteiger partial charge >= 0.3 is 0 Å². The molecule has 44 valence electrons. The van der Waals surface area contributed by atoms with Crippen molar-refractivity contribution in [2.24, 2.45) is 5.92 Å². The van der Waals surface area contributed by atoms with E-state index in [1.807, 2.05) is 0 Å². The Morgan fingerprint density at radius 1 is 1.50 bits per heavy atom. The minimum Gasteiger partial charge on any atom is -0.310 e. The number of rotatable bonds is 0. The second kappa shape index (κ2) is 1.59. The van der Waals surface area contributed by atoms with Gasteiger partial charge in [-0.05, 0) is 18.8 Å². The zero-order valence-electron chi connectivity index (χ0n) is 4.93. The van der Waals surface area contributed by atoms with E-state index in [0.717, 1.165) is 12.0 Å². The number of fused-ring (bicyclic) bond motifs is 1. The summed E-state index contributed by atoms with van der Waals surface area (Å²) in [5.41, 5.74) is 0. The van der Waals surface area contributed by atoms with Crippen molar-refractivity contribution in [3.05, 3.63) is 12.2 Å². The summed E-state index contributed by atoms with van der Waals surface area (Å²) in [4.78, 5) is 0. The van der Waals surface area contributed by atoms with Crippen LogP contribution in [0.3, 0.4) is 0 Å². The molecule has 8 heavy (non-hydrogen) atoms. The van der Waals surface area contributed by atoms with E-state index in [2.05, 4.69) is 17.5 Å². The molecule has 2 rings (SSSR count). The van der Waals surface area contributed by atoms with Gasteiger partial charge in [-0.25, -0.2) is 0 Å². The zero-order chi connectivity index (χ0) is 5.40. The summed E-state index contributed by atoms with van der Waals surface area (Å²) in [7, 11) is 0. The van der Waals surface area contributed by atoms with Gasteiger partial charge in [0.1, 0.15) is 0 Å². The molecular formula is C7H11N. The van der Waals surface area contributed by atoms with Gasteiger partial charge in [0.25, 0.3) is 0 Å². The monoisotopic (exact) mass is 109 g/mol. The van der Waals surface area contributed by atoms with Gasteiger partial charge in [0.2, 0.25) is 0 Å². The Balaban J connectivity index is 2.08. The fraction of sp³-hybridized carbons (Fsp3) is 0.714. The van der Waals surface area contributed by atoms with Crippen LogP contribution in [0, 0.1) is 5.92 Å². The summed E-state index contributed by atoms with van der Waals surface area (Å²) in [6.07, 6.45) is 7.31. The first-order valence-corrected chi connectivity index (χ1v) is 3.37. The molecule has 1 saturated heterocycles. The zero-order valence-corrected chi connectivity index (χ0v) is 4.93. The van der Waals surface area contributed by atoms with Gasteiger partial charge in [0.05, 0.1) is 0 Å². The first-order chi connectivity index (χ1) is 3.97. The molecule has 1 heterocycles. The highest BCUT2D eigenvalue weighted by atomic mass is 15.0. The predicted molar refractivity (Wildman–Crippen MR) is 33.7 cm³/mol. The predicted octanol–water partition coefficient (Wildman–Crippen LogP) is 0.924. The maximum atomic E-state index is 3.36. The number of allylic oxidation sites excluding steroid dienone is 1. The summed E-state index contributed by atoms with van der Waals surface area (Å²) >= 11 is 0. The van der Waals surface area contributed by atoms with Crippen molar-refractivity contribution in [2.75, 3.05) is 6.54 Å². The molecule has 1 nitrogen and oxygen atoms in total. The minimum absolute atomic E-state index is 0.753. The molecule has 0 bridgehead atoms. The summed E-state index contributed by atoms with van der Waals surface area (Å²) in [5.74, 6) is 0.986. The lowest BCUT2D eigenvalue weighted by Crippen LogP contribution is -2.52. The molecule has 2 unspecified atom stereocenters. The van der Waals surface area contributed by atoms with Gasteiger partial charge < -0.3 is 5.32 Å². The largest absolute Gasteiger partial charge is 0.310 e. The van der Waals surface area contributed by atoms with Crippen molar-refractivity contribution >= 4 is 0 Å². The van der Waals surface area contributed by atoms with Crippen molar-refractivity contribution in [3.8, 4) is 0 Å². The number of nitrogens with one attached hydrogen (secondary N) is 1. The minimum atomic E-state index is 0.753. The summed E-state index contributed by atoms with van der Waals surface area (Å²) in [6.45, 7) is 1.26. The Morgan fingerprint density at radius 2 is 2.50 bits per heavy atom. The van der Waals surface area contributed by atoms with E-state index in [1.54, 1.807) is 0 Å². The lowest BCUT2D eigenvalue weighted by Gasteiger charge is -2.38. The third kappa shape index (κ3) is 0.511. The average Bonchev–Trinajstić information content (AvgIpc) is 1.72. The molecule has 0 amide bonds. The molecule has 0 aromatic rings. The van der Waals surface area contributed by atoms with Crippen LogP contribution in [0.1, 0.15) is 12.8 Å². The van der Waals surface area contributed by atoms with Crippen LogP contribution in [0.15, 0.2) is 12.2 Å². The van der Waals surface area contributed by atoms with Crippen molar-refractivity contribution < 1.29 is 0 Å². The summed E-state index contributed by atoms with van der Waals surface area (Å²) in [5, 5.41) is 3.36. The third-order valence-electron chi connectivity index (χ3n) is 2.17. The average molecular weight is 109 g/mol. The highest BCUT2D eigenvalue weighted by Crippen LogP contribution is 2.24. The van der Waals surface area contributed by atoms with E-state index in [-0.39, 0.29) is 0 Å². The quantitative estimate of drug-likeness (QED) is 0.456. The van der Waals surface area contributed by atoms with Crippen LogP contribution in [0.4, 0.5) is 0 Å². The Morgan fingerprint density at radius 3 is 2.88 bits per heavy atom. The van der Waals surface area contributed by atoms with E-state index in [9.17, 15) is 0 Å². The SMILES string of the molecule is C1=CC2NCC2CC1. The smallest absolute Gasteiger partial charge is 0.0290 e. The lowest BCUT2D eigenvalue weighted by atomic mass is 9.83. The molecule has 1 aliphatic heterocycles. The Labute approximate surface area is 49.8 Å². The van der Waals surface area contributed by atoms with Gasteiger partial charge in [0, 0.05) is 12.6 Å². The van der Waals surface area contributed by atoms with Crippen LogP contribution in [0.2, 0.25) is 0 Å². The summed E-state index contributed by atoms with van der Waals surface area (Å²) in [6, 6.07) is 0.753. The highest BCUT2D eigenvalue weighted by molar-refractivity contribution is 5.07. The Hall–Kier alpha value is -0.300. The third-order valence-corrected chi connectivity index (χ3v) is 2.17. The number of hydrogen-bond donors (Lipinski definition) is 1. The molecule has 0 radical (unpaired) electrons. The topological polar surface area (TPSA) is 12.0 Å². The molecule has 1 N–H and O–H groups in total. The number of hydrogen-bond acceptors (Lipinski definition) is 1. The van der Waals surface area contributed by atoms with E-state index >= 15 is 0 Å². The van der Waals surface area contributed by atoms with E-state index in [0.29, 0.717) is 0 Å². The molecule has 0 spiro atoms. The fourth-order valence-corrected chi connectivity index (χ4v) is 1.48. The van der Waals surface area contributed by atoms with E-state index in [1.165, 1.54) is 19.4 Å². The molecule has 1 aliphatic carbocycles. The first kappa shape index (κ1) is 4.57. The highest BCUT2D eigenvalue weighted by Gasteiger charge is 2.28. The van der Waals surface area contributed by atoms with Crippen molar-refractivity contribution in [1.82, 2.24) is 5.32 Å². The molecule has 2 aliphatic rings. The van der Waals surface area contributed by atoms with Gasteiger partial charge in [0.15, 0.2) is 0 Å². The molecule has 0 aromatic carbocycles. The fourth-order valence-electron chi connectivity index (χ4n) is 1.48. The van der Waals surface area contributed by atoms with Crippen molar-refractivity contribution in [1.29, 1.82) is 0 Å². The second-order valence-electron chi connectivity index (χ2n) is 2.70. The lowest BCUT2D eigenvalue weighted by molar-refractivity contribution is 0.253. The second-order valence-corrected chi connectivity index (χ2v) is 2.70. The normalized spacial score (nSPS) is 43.0. The maximum absolute atomic E-state index is 3.36. The van der Waals surface area contributed by atoms with Crippen LogP contribution < -0.4 is 5.32 Å². The molecule has 1 fully saturated rings. The van der Waals surface area contributed by atoms with Crippen LogP contribution >= 0.6 is 0 Å². The van der Waals surface area contributed by atoms with Crippen LogP contribution in [-0.4, -0.2) is 12.6 Å². The molecule has 1 heteroatoms. The van der Waals surface area contributed by atoms with Crippen LogP contribution in [0.5, 0.6) is 0 Å². The van der Waals surface area contributed by atoms with Crippen LogP contribution in [0.25, 0.3) is 0 Å². The maximum Gasteiger partial charge on any atom is 0.0290 e. The molecule has 2 atom stereocenters. The first-order valence-electron chi connectivity index (χ1n) is 3.37. The molecule has 0 saturated carbocycles. The Kier molecular flexibility index (Phi) is 0.908. The van der Waals surface area contributed by atoms with Crippen molar-refractivity contribution in [2.45, 2.75) is 18.9 Å². The standard InChI is InChI=1S/C7H11N/c1-2-4-7-6(3-1)5-8-7/h2,4,6-8H,1,3,5H2. The van der Waals surface area contributed by atoms with Gasteiger partial charge in [-0.3, -0.25) is 0 Å². The van der Waals surface area contributed by atoms with Gasteiger partial charge in [-0.15, -0.1) is 0 Å².